The van der Waals surface area contributed by atoms with Crippen molar-refractivity contribution in [1.82, 2.24) is 0 Å². The number of phenols is 1. The van der Waals surface area contributed by atoms with Gasteiger partial charge in [0.1, 0.15) is 5.75 Å². The zero-order valence-corrected chi connectivity index (χ0v) is 9.02. The first-order valence-electron chi connectivity index (χ1n) is 4.54. The van der Waals surface area contributed by atoms with Crippen molar-refractivity contribution in [3.8, 4) is 10.8 Å². The second-order valence-electron chi connectivity index (χ2n) is 3.11. The van der Waals surface area contributed by atoms with E-state index in [-0.39, 0.29) is 0 Å². The van der Waals surface area contributed by atoms with E-state index in [0.717, 1.165) is 27.1 Å². The topological polar surface area (TPSA) is 29.5 Å². The van der Waals surface area contributed by atoms with Gasteiger partial charge in [0.25, 0.3) is 0 Å². The molecular formula is C11H12O2S. The van der Waals surface area contributed by atoms with Crippen molar-refractivity contribution in [2.45, 2.75) is 13.3 Å². The van der Waals surface area contributed by atoms with Crippen LogP contribution >= 0.6 is 11.3 Å². The van der Waals surface area contributed by atoms with E-state index in [4.69, 9.17) is 4.74 Å². The lowest BCUT2D eigenvalue weighted by molar-refractivity contribution is 0.427. The molecule has 0 spiro atoms. The Morgan fingerprint density at radius 1 is 1.43 bits per heavy atom. The smallest absolute Gasteiger partial charge is 0.174 e. The molecule has 0 aliphatic heterocycles. The van der Waals surface area contributed by atoms with Crippen LogP contribution in [-0.2, 0) is 6.42 Å². The first-order chi connectivity index (χ1) is 6.76. The highest BCUT2D eigenvalue weighted by molar-refractivity contribution is 7.21. The number of fused-ring (bicyclic) bond motifs is 1. The highest BCUT2D eigenvalue weighted by Crippen LogP contribution is 2.39. The Labute approximate surface area is 86.8 Å². The van der Waals surface area contributed by atoms with Crippen molar-refractivity contribution < 1.29 is 9.84 Å². The fourth-order valence-electron chi connectivity index (χ4n) is 1.49. The first kappa shape index (κ1) is 9.34. The van der Waals surface area contributed by atoms with Crippen LogP contribution in [0.25, 0.3) is 10.1 Å². The lowest BCUT2D eigenvalue weighted by Gasteiger charge is -2.00. The molecule has 0 fully saturated rings. The second-order valence-corrected chi connectivity index (χ2v) is 4.13. The number of hydrogen-bond donors (Lipinski definition) is 1. The summed E-state index contributed by atoms with van der Waals surface area (Å²) in [6.45, 7) is 2.03. The van der Waals surface area contributed by atoms with Crippen molar-refractivity contribution >= 4 is 21.4 Å². The molecule has 0 bridgehead atoms. The van der Waals surface area contributed by atoms with Crippen molar-refractivity contribution in [2.24, 2.45) is 0 Å². The zero-order valence-electron chi connectivity index (χ0n) is 8.20. The number of thiophene rings is 1. The molecule has 1 aromatic carbocycles. The third-order valence-corrected chi connectivity index (χ3v) is 3.42. The predicted molar refractivity (Wildman–Crippen MR) is 59.4 cm³/mol. The second kappa shape index (κ2) is 3.50. The van der Waals surface area contributed by atoms with Gasteiger partial charge in [0.2, 0.25) is 0 Å². The van der Waals surface area contributed by atoms with Crippen LogP contribution in [-0.4, -0.2) is 12.2 Å². The van der Waals surface area contributed by atoms with Crippen molar-refractivity contribution in [3.05, 3.63) is 23.8 Å². The Morgan fingerprint density at radius 2 is 2.21 bits per heavy atom. The number of methoxy groups -OCH3 is 1. The molecule has 0 saturated heterocycles. The largest absolute Gasteiger partial charge is 0.506 e. The molecule has 1 heterocycles. The summed E-state index contributed by atoms with van der Waals surface area (Å²) in [5.74, 6) is 0.401. The van der Waals surface area contributed by atoms with Crippen molar-refractivity contribution in [1.29, 1.82) is 0 Å². The van der Waals surface area contributed by atoms with E-state index in [1.165, 1.54) is 11.3 Å². The number of benzene rings is 1. The molecule has 14 heavy (non-hydrogen) atoms. The molecule has 3 heteroatoms. The SMILES string of the molecule is CCc1ccc2cc(OC)sc2c1O. The first-order valence-corrected chi connectivity index (χ1v) is 5.36. The van der Waals surface area contributed by atoms with Crippen LogP contribution < -0.4 is 4.74 Å². The monoisotopic (exact) mass is 208 g/mol. The van der Waals surface area contributed by atoms with Crippen molar-refractivity contribution in [3.63, 3.8) is 0 Å². The molecule has 2 nitrogen and oxygen atoms in total. The average molecular weight is 208 g/mol. The molecule has 2 aromatic rings. The molecule has 0 unspecified atom stereocenters. The molecule has 2 rings (SSSR count). The summed E-state index contributed by atoms with van der Waals surface area (Å²) in [5.41, 5.74) is 0.988. The number of hydrogen-bond acceptors (Lipinski definition) is 3. The molecule has 0 saturated carbocycles. The molecular weight excluding hydrogens is 196 g/mol. The zero-order chi connectivity index (χ0) is 10.1. The van der Waals surface area contributed by atoms with E-state index >= 15 is 0 Å². The quantitative estimate of drug-likeness (QED) is 0.821. The van der Waals surface area contributed by atoms with Gasteiger partial charge < -0.3 is 9.84 Å². The third kappa shape index (κ3) is 1.34. The standard InChI is InChI=1S/C11H12O2S/c1-3-7-4-5-8-6-9(13-2)14-11(8)10(7)12/h4-6,12H,3H2,1-2H3. The van der Waals surface area contributed by atoms with E-state index in [1.54, 1.807) is 7.11 Å². The maximum absolute atomic E-state index is 9.91. The fraction of sp³-hybridized carbons (Fsp3) is 0.273. The van der Waals surface area contributed by atoms with Crippen LogP contribution in [0.3, 0.4) is 0 Å². The highest BCUT2D eigenvalue weighted by Gasteiger charge is 2.08. The van der Waals surface area contributed by atoms with Gasteiger partial charge in [-0.1, -0.05) is 30.4 Å². The number of aryl methyl sites for hydroxylation is 1. The van der Waals surface area contributed by atoms with Crippen LogP contribution in [0.4, 0.5) is 0 Å². The number of aromatic hydroxyl groups is 1. The Balaban J connectivity index is 2.68. The summed E-state index contributed by atoms with van der Waals surface area (Å²) in [7, 11) is 1.64. The summed E-state index contributed by atoms with van der Waals surface area (Å²) < 4.78 is 6.05. The van der Waals surface area contributed by atoms with E-state index < -0.39 is 0 Å². The Morgan fingerprint density at radius 3 is 2.86 bits per heavy atom. The summed E-state index contributed by atoms with van der Waals surface area (Å²) in [6.07, 6.45) is 0.849. The normalized spacial score (nSPS) is 10.7. The van der Waals surface area contributed by atoms with Crippen molar-refractivity contribution in [2.75, 3.05) is 7.11 Å². The van der Waals surface area contributed by atoms with Gasteiger partial charge in [-0.05, 0) is 18.1 Å². The molecule has 0 aliphatic carbocycles. The van der Waals surface area contributed by atoms with Crippen LogP contribution in [0, 0.1) is 0 Å². The Kier molecular flexibility index (Phi) is 2.33. The summed E-state index contributed by atoms with van der Waals surface area (Å²) in [4.78, 5) is 0. The summed E-state index contributed by atoms with van der Waals surface area (Å²) in [5, 5.41) is 11.8. The van der Waals surface area contributed by atoms with Gasteiger partial charge in [0, 0.05) is 5.39 Å². The lowest BCUT2D eigenvalue weighted by Crippen LogP contribution is -1.79. The molecule has 0 aliphatic rings. The van der Waals surface area contributed by atoms with Crippen LogP contribution in [0.15, 0.2) is 18.2 Å². The van der Waals surface area contributed by atoms with Gasteiger partial charge in [0.05, 0.1) is 11.8 Å². The van der Waals surface area contributed by atoms with E-state index in [9.17, 15) is 5.11 Å². The lowest BCUT2D eigenvalue weighted by atomic mass is 10.1. The Bertz CT molecular complexity index is 460. The molecule has 0 radical (unpaired) electrons. The third-order valence-electron chi connectivity index (χ3n) is 2.30. The number of phenolic OH excluding ortho intramolecular Hbond substituents is 1. The molecule has 0 amide bonds. The number of rotatable bonds is 2. The minimum absolute atomic E-state index is 0.401. The van der Waals surface area contributed by atoms with Gasteiger partial charge in [-0.15, -0.1) is 0 Å². The highest BCUT2D eigenvalue weighted by atomic mass is 32.1. The molecule has 1 N–H and O–H groups in total. The predicted octanol–water partition coefficient (Wildman–Crippen LogP) is 3.18. The fourth-order valence-corrected chi connectivity index (χ4v) is 2.43. The van der Waals surface area contributed by atoms with Crippen LogP contribution in [0.2, 0.25) is 0 Å². The van der Waals surface area contributed by atoms with Gasteiger partial charge in [0.15, 0.2) is 5.06 Å². The average Bonchev–Trinajstić information content (AvgIpc) is 2.62. The van der Waals surface area contributed by atoms with Gasteiger partial charge in [-0.25, -0.2) is 0 Å². The van der Waals surface area contributed by atoms with Gasteiger partial charge >= 0.3 is 0 Å². The van der Waals surface area contributed by atoms with E-state index in [2.05, 4.69) is 0 Å². The molecule has 74 valence electrons. The van der Waals surface area contributed by atoms with Crippen LogP contribution in [0.5, 0.6) is 10.8 Å². The minimum Gasteiger partial charge on any atom is -0.506 e. The molecule has 1 aromatic heterocycles. The maximum Gasteiger partial charge on any atom is 0.174 e. The van der Waals surface area contributed by atoms with E-state index in [0.29, 0.717) is 5.75 Å². The van der Waals surface area contributed by atoms with Gasteiger partial charge in [-0.2, -0.15) is 0 Å². The summed E-state index contributed by atoms with van der Waals surface area (Å²) in [6, 6.07) is 5.93. The Hall–Kier alpha value is -1.22. The number of ether oxygens (including phenoxy) is 1. The maximum atomic E-state index is 9.91. The minimum atomic E-state index is 0.401. The van der Waals surface area contributed by atoms with Crippen LogP contribution in [0.1, 0.15) is 12.5 Å². The molecule has 0 atom stereocenters. The summed E-state index contributed by atoms with van der Waals surface area (Å²) >= 11 is 1.48. The van der Waals surface area contributed by atoms with E-state index in [1.807, 2.05) is 25.1 Å². The van der Waals surface area contributed by atoms with Gasteiger partial charge in [-0.3, -0.25) is 0 Å².